The van der Waals surface area contributed by atoms with Crippen molar-refractivity contribution >= 4 is 0 Å². The molecule has 0 aromatic carbocycles. The van der Waals surface area contributed by atoms with Gasteiger partial charge in [-0.2, -0.15) is 0 Å². The number of aromatic nitrogens is 3. The van der Waals surface area contributed by atoms with Crippen molar-refractivity contribution in [1.29, 1.82) is 0 Å². The van der Waals surface area contributed by atoms with Crippen molar-refractivity contribution in [1.82, 2.24) is 19.4 Å². The van der Waals surface area contributed by atoms with Crippen LogP contribution in [0.2, 0.25) is 0 Å². The lowest BCUT2D eigenvalue weighted by Gasteiger charge is -2.35. The molecule has 29 heavy (non-hydrogen) atoms. The normalized spacial score (nSPS) is 15.9. The van der Waals surface area contributed by atoms with Crippen LogP contribution in [0.5, 0.6) is 5.75 Å². The van der Waals surface area contributed by atoms with E-state index in [4.69, 9.17) is 0 Å². The molecule has 1 aliphatic rings. The summed E-state index contributed by atoms with van der Waals surface area (Å²) in [6, 6.07) is 10.9. The molecule has 3 aromatic heterocycles. The average molecular weight is 390 g/mol. The van der Waals surface area contributed by atoms with Gasteiger partial charge in [0.25, 0.3) is 5.56 Å². The zero-order chi connectivity index (χ0) is 20.2. The standard InChI is InChI=1S/C23H26N4O2/c1-17-15-20(28)21(23(29)27(17)16-19-7-3-4-10-25-19)22(18-8-11-24-12-9-18)26-13-5-2-6-14-26/h3-4,7-12,15,22,28H,2,5-6,13-14,16H2,1H3. The number of hydrogen-bond acceptors (Lipinski definition) is 5. The fourth-order valence-electron chi connectivity index (χ4n) is 4.16. The van der Waals surface area contributed by atoms with Crippen LogP contribution in [-0.4, -0.2) is 37.6 Å². The van der Waals surface area contributed by atoms with Gasteiger partial charge in [-0.25, -0.2) is 0 Å². The summed E-state index contributed by atoms with van der Waals surface area (Å²) < 4.78 is 1.70. The van der Waals surface area contributed by atoms with E-state index in [0.717, 1.165) is 37.2 Å². The summed E-state index contributed by atoms with van der Waals surface area (Å²) in [6.45, 7) is 4.03. The molecule has 1 unspecified atom stereocenters. The number of nitrogens with zero attached hydrogens (tertiary/aromatic N) is 4. The van der Waals surface area contributed by atoms with Gasteiger partial charge in [0.05, 0.1) is 23.8 Å². The molecule has 1 fully saturated rings. The first-order valence-corrected chi connectivity index (χ1v) is 10.1. The Morgan fingerprint density at radius 2 is 1.83 bits per heavy atom. The molecule has 1 saturated heterocycles. The molecule has 0 bridgehead atoms. The lowest BCUT2D eigenvalue weighted by Crippen LogP contribution is -2.39. The highest BCUT2D eigenvalue weighted by Gasteiger charge is 2.30. The first kappa shape index (κ1) is 19.3. The highest BCUT2D eigenvalue weighted by Crippen LogP contribution is 2.34. The van der Waals surface area contributed by atoms with Gasteiger partial charge in [-0.3, -0.25) is 19.7 Å². The second kappa shape index (κ2) is 8.57. The maximum Gasteiger partial charge on any atom is 0.260 e. The van der Waals surface area contributed by atoms with Gasteiger partial charge >= 0.3 is 0 Å². The Bertz CT molecular complexity index is 1010. The minimum absolute atomic E-state index is 0.0529. The van der Waals surface area contributed by atoms with Gasteiger partial charge in [-0.15, -0.1) is 0 Å². The number of hydrogen-bond donors (Lipinski definition) is 1. The first-order chi connectivity index (χ1) is 14.1. The third kappa shape index (κ3) is 4.07. The second-order valence-corrected chi connectivity index (χ2v) is 7.58. The molecule has 4 rings (SSSR count). The third-order valence-electron chi connectivity index (χ3n) is 5.62. The van der Waals surface area contributed by atoms with Gasteiger partial charge in [0.15, 0.2) is 0 Å². The van der Waals surface area contributed by atoms with E-state index in [1.165, 1.54) is 6.42 Å². The van der Waals surface area contributed by atoms with Gasteiger partial charge in [0, 0.05) is 24.3 Å². The van der Waals surface area contributed by atoms with Gasteiger partial charge in [0.1, 0.15) is 5.75 Å². The molecule has 6 heteroatoms. The van der Waals surface area contributed by atoms with Crippen LogP contribution in [0.25, 0.3) is 0 Å². The lowest BCUT2D eigenvalue weighted by molar-refractivity contribution is 0.183. The monoisotopic (exact) mass is 390 g/mol. The van der Waals surface area contributed by atoms with Crippen molar-refractivity contribution < 1.29 is 5.11 Å². The fraction of sp³-hybridized carbons (Fsp3) is 0.348. The highest BCUT2D eigenvalue weighted by molar-refractivity contribution is 5.40. The van der Waals surface area contributed by atoms with Gasteiger partial charge in [-0.05, 0) is 68.8 Å². The molecule has 6 nitrogen and oxygen atoms in total. The SMILES string of the molecule is Cc1cc(O)c(C(c2ccncc2)N2CCCCC2)c(=O)n1Cc1ccccn1. The van der Waals surface area contributed by atoms with E-state index < -0.39 is 0 Å². The Hall–Kier alpha value is -2.99. The molecule has 0 amide bonds. The van der Waals surface area contributed by atoms with Crippen molar-refractivity contribution in [2.45, 2.75) is 38.8 Å². The van der Waals surface area contributed by atoms with Crippen LogP contribution < -0.4 is 5.56 Å². The zero-order valence-electron chi connectivity index (χ0n) is 16.7. The van der Waals surface area contributed by atoms with Crippen molar-refractivity contribution in [3.8, 4) is 5.75 Å². The van der Waals surface area contributed by atoms with E-state index in [-0.39, 0.29) is 17.4 Å². The summed E-state index contributed by atoms with van der Waals surface area (Å²) in [4.78, 5) is 24.4. The van der Waals surface area contributed by atoms with E-state index in [0.29, 0.717) is 17.8 Å². The van der Waals surface area contributed by atoms with Crippen LogP contribution in [0.1, 0.15) is 47.8 Å². The molecule has 4 heterocycles. The number of rotatable bonds is 5. The average Bonchev–Trinajstić information content (AvgIpc) is 2.76. The van der Waals surface area contributed by atoms with E-state index >= 15 is 0 Å². The lowest BCUT2D eigenvalue weighted by atomic mass is 9.95. The number of likely N-dealkylation sites (tertiary alicyclic amines) is 1. The summed E-state index contributed by atoms with van der Waals surface area (Å²) >= 11 is 0. The van der Waals surface area contributed by atoms with Crippen LogP contribution in [-0.2, 0) is 6.54 Å². The summed E-state index contributed by atoms with van der Waals surface area (Å²) in [5, 5.41) is 10.9. The second-order valence-electron chi connectivity index (χ2n) is 7.58. The zero-order valence-corrected chi connectivity index (χ0v) is 16.7. The fourth-order valence-corrected chi connectivity index (χ4v) is 4.16. The van der Waals surface area contributed by atoms with Gasteiger partial charge < -0.3 is 9.67 Å². The minimum Gasteiger partial charge on any atom is -0.507 e. The maximum atomic E-state index is 13.6. The van der Waals surface area contributed by atoms with Crippen LogP contribution >= 0.6 is 0 Å². The third-order valence-corrected chi connectivity index (χ3v) is 5.62. The number of aryl methyl sites for hydroxylation is 1. The molecule has 150 valence electrons. The molecule has 1 atom stereocenters. The van der Waals surface area contributed by atoms with Crippen LogP contribution in [0, 0.1) is 6.92 Å². The molecule has 3 aromatic rings. The highest BCUT2D eigenvalue weighted by atomic mass is 16.3. The van der Waals surface area contributed by atoms with Crippen molar-refractivity contribution in [2.24, 2.45) is 0 Å². The smallest absolute Gasteiger partial charge is 0.260 e. The van der Waals surface area contributed by atoms with Crippen molar-refractivity contribution in [3.05, 3.63) is 87.9 Å². The van der Waals surface area contributed by atoms with Crippen LogP contribution in [0.15, 0.2) is 59.8 Å². The van der Waals surface area contributed by atoms with E-state index in [1.54, 1.807) is 29.2 Å². The quantitative estimate of drug-likeness (QED) is 0.724. The summed E-state index contributed by atoms with van der Waals surface area (Å²) in [5.74, 6) is 0.0529. The van der Waals surface area contributed by atoms with E-state index in [9.17, 15) is 9.90 Å². The maximum absolute atomic E-state index is 13.6. The molecular weight excluding hydrogens is 364 g/mol. The number of pyridine rings is 3. The van der Waals surface area contributed by atoms with E-state index in [1.807, 2.05) is 37.3 Å². The van der Waals surface area contributed by atoms with Crippen molar-refractivity contribution in [3.63, 3.8) is 0 Å². The Morgan fingerprint density at radius 1 is 1.07 bits per heavy atom. The Morgan fingerprint density at radius 3 is 2.52 bits per heavy atom. The molecular formula is C23H26N4O2. The molecule has 1 N–H and O–H groups in total. The van der Waals surface area contributed by atoms with E-state index in [2.05, 4.69) is 14.9 Å². The summed E-state index contributed by atoms with van der Waals surface area (Å²) in [5.41, 5.74) is 2.77. The van der Waals surface area contributed by atoms with Gasteiger partial charge in [0.2, 0.25) is 0 Å². The molecule has 1 aliphatic heterocycles. The summed E-state index contributed by atoms with van der Waals surface area (Å²) in [6.07, 6.45) is 8.59. The summed E-state index contributed by atoms with van der Waals surface area (Å²) in [7, 11) is 0. The topological polar surface area (TPSA) is 71.2 Å². The van der Waals surface area contributed by atoms with Crippen LogP contribution in [0.3, 0.4) is 0 Å². The first-order valence-electron chi connectivity index (χ1n) is 10.1. The molecule has 0 aliphatic carbocycles. The Balaban J connectivity index is 1.84. The van der Waals surface area contributed by atoms with Crippen LogP contribution in [0.4, 0.5) is 0 Å². The van der Waals surface area contributed by atoms with Crippen molar-refractivity contribution in [2.75, 3.05) is 13.1 Å². The predicted molar refractivity (Wildman–Crippen MR) is 112 cm³/mol. The Kier molecular flexibility index (Phi) is 5.71. The van der Waals surface area contributed by atoms with Gasteiger partial charge in [-0.1, -0.05) is 12.5 Å². The Labute approximate surface area is 170 Å². The molecule has 0 saturated carbocycles. The number of piperidine rings is 1. The number of aromatic hydroxyl groups is 1. The molecule has 0 spiro atoms. The predicted octanol–water partition coefficient (Wildman–Crippen LogP) is 3.28. The minimum atomic E-state index is -0.290. The molecule has 0 radical (unpaired) electrons. The largest absolute Gasteiger partial charge is 0.507 e.